The summed E-state index contributed by atoms with van der Waals surface area (Å²) in [6.45, 7) is 7.45. The van der Waals surface area contributed by atoms with Crippen LogP contribution in [0.1, 0.15) is 96.0 Å². The number of hydrogen-bond donors (Lipinski definition) is 1. The molecule has 1 unspecified atom stereocenters. The van der Waals surface area contributed by atoms with Gasteiger partial charge in [0.2, 0.25) is 24.0 Å². The first kappa shape index (κ1) is 35.4. The lowest BCUT2D eigenvalue weighted by molar-refractivity contribution is -0.145. The third-order valence-corrected chi connectivity index (χ3v) is 9.86. The summed E-state index contributed by atoms with van der Waals surface area (Å²) in [4.78, 5) is 89.4. The second-order valence-electron chi connectivity index (χ2n) is 14.0. The van der Waals surface area contributed by atoms with Crippen LogP contribution in [0.2, 0.25) is 0 Å². The van der Waals surface area contributed by atoms with Crippen molar-refractivity contribution < 1.29 is 37.5 Å². The maximum atomic E-state index is 14.2. The van der Waals surface area contributed by atoms with Gasteiger partial charge in [-0.05, 0) is 55.3 Å². The molecule has 2 aliphatic carbocycles. The number of nitrogens with one attached hydrogen (secondary N) is 1. The standard InChI is InChI=1S/C34H46F2N4O6/c1-18(2)24(15-26(41)25-16-37-10-11-38-25)33(45)39-30(19(3)4)34(46)40-17-21-6-5-7-23(21)31(40)27(42)13-22(14-29(35)36)32(44)28(43)12-20-8-9-20/h10-11,16,18-24,29-31H,5-9,12-15,17H2,1-4H3,(H,39,45)/t21-,22?,23-,24+,30-,31-/m0/s1. The van der Waals surface area contributed by atoms with E-state index in [2.05, 4.69) is 15.3 Å². The van der Waals surface area contributed by atoms with Gasteiger partial charge in [-0.15, -0.1) is 0 Å². The minimum atomic E-state index is -2.87. The Kier molecular flexibility index (Phi) is 11.9. The van der Waals surface area contributed by atoms with Gasteiger partial charge in [-0.3, -0.25) is 33.8 Å². The number of ketones is 4. The number of aromatic nitrogens is 2. The Morgan fingerprint density at radius 2 is 1.67 bits per heavy atom. The summed E-state index contributed by atoms with van der Waals surface area (Å²) in [5, 5.41) is 2.85. The highest BCUT2D eigenvalue weighted by Crippen LogP contribution is 2.44. The number of Topliss-reactive ketones (excluding diaryl/α,β-unsaturated/α-hetero) is 4. The average Bonchev–Trinajstić information content (AvgIpc) is 3.57. The molecule has 0 aromatic carbocycles. The molecule has 1 aliphatic heterocycles. The van der Waals surface area contributed by atoms with Crippen LogP contribution in [0.15, 0.2) is 18.6 Å². The number of likely N-dealkylation sites (tertiary alicyclic amines) is 1. The van der Waals surface area contributed by atoms with Gasteiger partial charge in [0.15, 0.2) is 17.3 Å². The number of hydrogen-bond acceptors (Lipinski definition) is 8. The molecule has 1 aromatic rings. The van der Waals surface area contributed by atoms with Crippen LogP contribution in [0.3, 0.4) is 0 Å². The lowest BCUT2D eigenvalue weighted by Crippen LogP contribution is -2.56. The second kappa shape index (κ2) is 15.4. The number of halogens is 2. The van der Waals surface area contributed by atoms with E-state index in [9.17, 15) is 37.5 Å². The molecular formula is C34H46F2N4O6. The van der Waals surface area contributed by atoms with Gasteiger partial charge in [-0.2, -0.15) is 0 Å². The molecule has 3 fully saturated rings. The fraction of sp³-hybridized carbons (Fsp3) is 0.706. The maximum Gasteiger partial charge on any atom is 0.246 e. The third-order valence-electron chi connectivity index (χ3n) is 9.86. The molecule has 0 radical (unpaired) electrons. The Morgan fingerprint density at radius 1 is 0.957 bits per heavy atom. The molecule has 10 nitrogen and oxygen atoms in total. The highest BCUT2D eigenvalue weighted by atomic mass is 19.3. The molecule has 1 saturated heterocycles. The molecule has 0 spiro atoms. The van der Waals surface area contributed by atoms with Crippen LogP contribution in [0, 0.1) is 41.4 Å². The smallest absolute Gasteiger partial charge is 0.246 e. The largest absolute Gasteiger partial charge is 0.344 e. The summed E-state index contributed by atoms with van der Waals surface area (Å²) >= 11 is 0. The van der Waals surface area contributed by atoms with Crippen LogP contribution in [0.25, 0.3) is 0 Å². The average molecular weight is 645 g/mol. The SMILES string of the molecule is CC(C)[C@H](NC(=O)[C@H](CC(=O)c1cnccn1)C(C)C)C(=O)N1C[C@@H]2CCC[C@@H]2[C@H]1C(=O)CC(CC(F)F)C(=O)C(=O)CC1CC1. The zero-order valence-corrected chi connectivity index (χ0v) is 27.1. The summed E-state index contributed by atoms with van der Waals surface area (Å²) in [7, 11) is 0. The highest BCUT2D eigenvalue weighted by molar-refractivity contribution is 6.38. The number of rotatable bonds is 17. The quantitative estimate of drug-likeness (QED) is 0.196. The van der Waals surface area contributed by atoms with Crippen molar-refractivity contribution in [3.8, 4) is 0 Å². The number of carbonyl (C=O) groups is 6. The van der Waals surface area contributed by atoms with Crippen molar-refractivity contribution in [2.45, 2.75) is 104 Å². The maximum absolute atomic E-state index is 14.2. The van der Waals surface area contributed by atoms with E-state index in [1.54, 1.807) is 13.8 Å². The molecule has 6 atom stereocenters. The van der Waals surface area contributed by atoms with Crippen LogP contribution >= 0.6 is 0 Å². The van der Waals surface area contributed by atoms with E-state index in [0.717, 1.165) is 25.7 Å². The van der Waals surface area contributed by atoms with Crippen LogP contribution < -0.4 is 5.32 Å². The Balaban J connectivity index is 1.51. The van der Waals surface area contributed by atoms with Crippen molar-refractivity contribution in [1.29, 1.82) is 0 Å². The van der Waals surface area contributed by atoms with E-state index in [1.165, 1.54) is 23.5 Å². The van der Waals surface area contributed by atoms with Crippen molar-refractivity contribution in [1.82, 2.24) is 20.2 Å². The number of nitrogens with zero attached hydrogens (tertiary/aromatic N) is 3. The molecule has 46 heavy (non-hydrogen) atoms. The monoisotopic (exact) mass is 644 g/mol. The van der Waals surface area contributed by atoms with Crippen LogP contribution in [0.5, 0.6) is 0 Å². The van der Waals surface area contributed by atoms with Crippen LogP contribution in [-0.2, 0) is 24.0 Å². The molecule has 2 amide bonds. The lowest BCUT2D eigenvalue weighted by atomic mass is 9.84. The van der Waals surface area contributed by atoms with Crippen LogP contribution in [0.4, 0.5) is 8.78 Å². The normalized spacial score (nSPS) is 22.9. The number of alkyl halides is 2. The Bertz CT molecular complexity index is 1300. The van der Waals surface area contributed by atoms with Gasteiger partial charge in [-0.1, -0.05) is 34.1 Å². The minimum Gasteiger partial charge on any atom is -0.344 e. The van der Waals surface area contributed by atoms with Crippen molar-refractivity contribution >= 4 is 34.9 Å². The van der Waals surface area contributed by atoms with Gasteiger partial charge in [0, 0.05) is 56.5 Å². The van der Waals surface area contributed by atoms with Crippen molar-refractivity contribution in [2.75, 3.05) is 6.54 Å². The fourth-order valence-corrected chi connectivity index (χ4v) is 7.05. The predicted octanol–water partition coefficient (Wildman–Crippen LogP) is 4.26. The van der Waals surface area contributed by atoms with E-state index in [0.29, 0.717) is 6.42 Å². The topological polar surface area (TPSA) is 143 Å². The van der Waals surface area contributed by atoms with Gasteiger partial charge in [-0.25, -0.2) is 13.8 Å². The number of fused-ring (bicyclic) bond motifs is 1. The van der Waals surface area contributed by atoms with E-state index in [1.807, 2.05) is 13.8 Å². The first-order chi connectivity index (χ1) is 21.8. The fourth-order valence-electron chi connectivity index (χ4n) is 7.05. The molecule has 0 bridgehead atoms. The zero-order valence-electron chi connectivity index (χ0n) is 27.1. The second-order valence-corrected chi connectivity index (χ2v) is 14.0. The summed E-state index contributed by atoms with van der Waals surface area (Å²) in [6.07, 6.45) is 3.76. The van der Waals surface area contributed by atoms with Gasteiger partial charge in [0.1, 0.15) is 11.7 Å². The van der Waals surface area contributed by atoms with E-state index in [4.69, 9.17) is 0 Å². The third kappa shape index (κ3) is 8.67. The van der Waals surface area contributed by atoms with Gasteiger partial charge in [0.25, 0.3) is 0 Å². The van der Waals surface area contributed by atoms with E-state index in [-0.39, 0.29) is 60.5 Å². The number of carbonyl (C=O) groups excluding carboxylic acids is 6. The lowest BCUT2D eigenvalue weighted by Gasteiger charge is -2.33. The molecule has 4 rings (SSSR count). The molecule has 12 heteroatoms. The molecule has 2 saturated carbocycles. The Morgan fingerprint density at radius 3 is 2.26 bits per heavy atom. The van der Waals surface area contributed by atoms with Crippen molar-refractivity contribution in [3.63, 3.8) is 0 Å². The van der Waals surface area contributed by atoms with Crippen molar-refractivity contribution in [3.05, 3.63) is 24.3 Å². The van der Waals surface area contributed by atoms with E-state index >= 15 is 0 Å². The van der Waals surface area contributed by atoms with Gasteiger partial charge >= 0.3 is 0 Å². The van der Waals surface area contributed by atoms with Crippen LogP contribution in [-0.4, -0.2) is 74.9 Å². The molecule has 3 aliphatic rings. The summed E-state index contributed by atoms with van der Waals surface area (Å²) in [6, 6.07) is -1.93. The van der Waals surface area contributed by atoms with Gasteiger partial charge in [0.05, 0.1) is 12.2 Å². The molecule has 1 N–H and O–H groups in total. The highest BCUT2D eigenvalue weighted by Gasteiger charge is 2.51. The Labute approximate surface area is 268 Å². The summed E-state index contributed by atoms with van der Waals surface area (Å²) in [5.41, 5.74) is 0.139. The summed E-state index contributed by atoms with van der Waals surface area (Å²) in [5.74, 6) is -6.26. The van der Waals surface area contributed by atoms with Crippen molar-refractivity contribution in [2.24, 2.45) is 41.4 Å². The molecule has 252 valence electrons. The molecular weight excluding hydrogens is 598 g/mol. The number of amides is 2. The zero-order chi connectivity index (χ0) is 33.7. The first-order valence-electron chi connectivity index (χ1n) is 16.6. The first-order valence-corrected chi connectivity index (χ1v) is 16.6. The Hall–Kier alpha value is -3.44. The molecule has 1 aromatic heterocycles. The van der Waals surface area contributed by atoms with E-state index < -0.39 is 72.4 Å². The van der Waals surface area contributed by atoms with Gasteiger partial charge < -0.3 is 10.2 Å². The minimum absolute atomic E-state index is 0.0169. The molecule has 2 heterocycles. The predicted molar refractivity (Wildman–Crippen MR) is 163 cm³/mol. The summed E-state index contributed by atoms with van der Waals surface area (Å²) < 4.78 is 27.1.